The van der Waals surface area contributed by atoms with Gasteiger partial charge in [-0.3, -0.25) is 9.69 Å². The van der Waals surface area contributed by atoms with E-state index < -0.39 is 0 Å². The van der Waals surface area contributed by atoms with Crippen molar-refractivity contribution in [2.24, 2.45) is 0 Å². The number of hydrogen-bond acceptors (Lipinski definition) is 4. The molecule has 0 saturated carbocycles. The Morgan fingerprint density at radius 1 is 1.26 bits per heavy atom. The summed E-state index contributed by atoms with van der Waals surface area (Å²) in [5, 5.41) is 3.51. The second kappa shape index (κ2) is 7.02. The van der Waals surface area contributed by atoms with E-state index in [2.05, 4.69) is 5.32 Å². The number of carbonyl (C=O) groups excluding carboxylic acids is 1. The molecule has 6 heteroatoms. The number of rotatable bonds is 3. The zero-order valence-corrected chi connectivity index (χ0v) is 14.2. The number of benzene rings is 2. The lowest BCUT2D eigenvalue weighted by atomic mass is 10.2. The largest absolute Gasteiger partial charge is 0.494 e. The van der Waals surface area contributed by atoms with Crippen LogP contribution in [0.25, 0.3) is 0 Å². The van der Waals surface area contributed by atoms with Crippen LogP contribution >= 0.6 is 24.0 Å². The molecular formula is C17H16N2O2S2. The van der Waals surface area contributed by atoms with Crippen LogP contribution in [-0.2, 0) is 4.79 Å². The molecule has 0 radical (unpaired) electrons. The summed E-state index contributed by atoms with van der Waals surface area (Å²) in [6.45, 7) is 2.57. The van der Waals surface area contributed by atoms with Crippen LogP contribution in [0.2, 0.25) is 0 Å². The van der Waals surface area contributed by atoms with E-state index in [0.29, 0.717) is 17.5 Å². The molecule has 3 rings (SSSR count). The van der Waals surface area contributed by atoms with Gasteiger partial charge >= 0.3 is 0 Å². The average molecular weight is 344 g/mol. The van der Waals surface area contributed by atoms with Crippen LogP contribution in [0.15, 0.2) is 53.4 Å². The first-order chi connectivity index (χ1) is 11.2. The summed E-state index contributed by atoms with van der Waals surface area (Å²) in [5.41, 5.74) is 1.65. The topological polar surface area (TPSA) is 41.6 Å². The maximum Gasteiger partial charge on any atom is 0.243 e. The Balaban J connectivity index is 1.79. The molecule has 0 atom stereocenters. The Morgan fingerprint density at radius 2 is 2.00 bits per heavy atom. The first-order valence-electron chi connectivity index (χ1n) is 7.27. The molecule has 0 fully saturated rings. The maximum atomic E-state index is 12.3. The highest BCUT2D eigenvalue weighted by molar-refractivity contribution is 8.00. The van der Waals surface area contributed by atoms with Gasteiger partial charge in [-0.05, 0) is 55.5 Å². The van der Waals surface area contributed by atoms with Crippen molar-refractivity contribution in [2.75, 3.05) is 22.6 Å². The van der Waals surface area contributed by atoms with Gasteiger partial charge in [0, 0.05) is 10.6 Å². The van der Waals surface area contributed by atoms with Crippen LogP contribution in [0.3, 0.4) is 0 Å². The quantitative estimate of drug-likeness (QED) is 0.855. The lowest BCUT2D eigenvalue weighted by Gasteiger charge is -2.29. The van der Waals surface area contributed by atoms with Crippen LogP contribution in [0.1, 0.15) is 6.92 Å². The van der Waals surface area contributed by atoms with Crippen LogP contribution in [0, 0.1) is 0 Å². The van der Waals surface area contributed by atoms with Crippen molar-refractivity contribution in [3.05, 3.63) is 48.5 Å². The summed E-state index contributed by atoms with van der Waals surface area (Å²) < 4.78 is 5.42. The summed E-state index contributed by atoms with van der Waals surface area (Å²) in [6.07, 6.45) is 0. The monoisotopic (exact) mass is 344 g/mol. The fraction of sp³-hybridized carbons (Fsp3) is 0.176. The first kappa shape index (κ1) is 15.8. The third kappa shape index (κ3) is 3.48. The highest BCUT2D eigenvalue weighted by Crippen LogP contribution is 2.35. The summed E-state index contributed by atoms with van der Waals surface area (Å²) in [5.74, 6) is 1.18. The van der Waals surface area contributed by atoms with Crippen molar-refractivity contribution in [2.45, 2.75) is 11.8 Å². The molecule has 1 amide bonds. The molecule has 4 nitrogen and oxygen atoms in total. The third-order valence-corrected chi connectivity index (χ3v) is 4.66. The smallest absolute Gasteiger partial charge is 0.243 e. The lowest BCUT2D eigenvalue weighted by molar-refractivity contribution is -0.115. The molecule has 0 spiro atoms. The molecular weight excluding hydrogens is 328 g/mol. The average Bonchev–Trinajstić information content (AvgIpc) is 2.56. The van der Waals surface area contributed by atoms with Crippen molar-refractivity contribution in [3.63, 3.8) is 0 Å². The molecule has 0 unspecified atom stereocenters. The van der Waals surface area contributed by atoms with Gasteiger partial charge in [-0.15, -0.1) is 11.8 Å². The molecule has 0 aromatic heterocycles. The van der Waals surface area contributed by atoms with Crippen LogP contribution < -0.4 is 15.0 Å². The van der Waals surface area contributed by atoms with Gasteiger partial charge in [0.05, 0.1) is 18.0 Å². The van der Waals surface area contributed by atoms with E-state index in [-0.39, 0.29) is 5.91 Å². The number of thioether (sulfide) groups is 1. The number of hydrogen-bond donors (Lipinski definition) is 1. The molecule has 1 N–H and O–H groups in total. The molecule has 0 saturated heterocycles. The Hall–Kier alpha value is -2.05. The van der Waals surface area contributed by atoms with E-state index in [1.807, 2.05) is 55.5 Å². The minimum atomic E-state index is -0.0165. The van der Waals surface area contributed by atoms with Gasteiger partial charge in [-0.25, -0.2) is 0 Å². The van der Waals surface area contributed by atoms with Crippen molar-refractivity contribution in [1.29, 1.82) is 0 Å². The number of anilines is 2. The zero-order valence-electron chi connectivity index (χ0n) is 12.6. The van der Waals surface area contributed by atoms with Crippen molar-refractivity contribution >= 4 is 46.4 Å². The van der Waals surface area contributed by atoms with Gasteiger partial charge < -0.3 is 10.1 Å². The summed E-state index contributed by atoms with van der Waals surface area (Å²) in [7, 11) is 0. The predicted octanol–water partition coefficient (Wildman–Crippen LogP) is 3.92. The number of nitrogens with one attached hydrogen (secondary N) is 1. The van der Waals surface area contributed by atoms with Crippen LogP contribution in [-0.4, -0.2) is 23.4 Å². The van der Waals surface area contributed by atoms with E-state index in [0.717, 1.165) is 22.0 Å². The van der Waals surface area contributed by atoms with E-state index in [4.69, 9.17) is 17.0 Å². The number of thiocarbonyl (C=S) groups is 1. The molecule has 118 valence electrons. The second-order valence-corrected chi connectivity index (χ2v) is 6.28. The Bertz CT molecular complexity index is 732. The van der Waals surface area contributed by atoms with Crippen LogP contribution in [0.5, 0.6) is 5.75 Å². The normalized spacial score (nSPS) is 13.4. The predicted molar refractivity (Wildman–Crippen MR) is 98.5 cm³/mol. The molecule has 1 heterocycles. The van der Waals surface area contributed by atoms with Gasteiger partial charge in [0.15, 0.2) is 5.11 Å². The van der Waals surface area contributed by atoms with Gasteiger partial charge in [0.1, 0.15) is 5.75 Å². The molecule has 23 heavy (non-hydrogen) atoms. The standard InChI is InChI=1S/C17H16N2O2S2/c1-2-21-13-9-7-12(8-10-13)18-17(22)19-14-5-3-4-6-15(14)23-11-16(19)20/h3-10H,2,11H2,1H3,(H,18,22). The van der Waals surface area contributed by atoms with E-state index in [9.17, 15) is 4.79 Å². The van der Waals surface area contributed by atoms with Gasteiger partial charge in [-0.1, -0.05) is 12.1 Å². The number of carbonyl (C=O) groups is 1. The highest BCUT2D eigenvalue weighted by Gasteiger charge is 2.27. The number of ether oxygens (including phenoxy) is 1. The van der Waals surface area contributed by atoms with Gasteiger partial charge in [0.2, 0.25) is 5.91 Å². The van der Waals surface area contributed by atoms with Gasteiger partial charge in [0.25, 0.3) is 0 Å². The Labute approximate surface area is 144 Å². The Kier molecular flexibility index (Phi) is 4.83. The lowest BCUT2D eigenvalue weighted by Crippen LogP contribution is -2.43. The molecule has 1 aliphatic heterocycles. The summed E-state index contributed by atoms with van der Waals surface area (Å²) in [6, 6.07) is 15.3. The zero-order chi connectivity index (χ0) is 16.2. The number of nitrogens with zero attached hydrogens (tertiary/aromatic N) is 1. The molecule has 2 aromatic rings. The molecule has 0 bridgehead atoms. The summed E-state index contributed by atoms with van der Waals surface area (Å²) >= 11 is 6.98. The van der Waals surface area contributed by atoms with E-state index in [1.54, 1.807) is 4.90 Å². The van der Waals surface area contributed by atoms with Crippen molar-refractivity contribution in [1.82, 2.24) is 0 Å². The maximum absolute atomic E-state index is 12.3. The van der Waals surface area contributed by atoms with E-state index in [1.165, 1.54) is 11.8 Å². The number of fused-ring (bicyclic) bond motifs is 1. The van der Waals surface area contributed by atoms with E-state index >= 15 is 0 Å². The molecule has 0 aliphatic carbocycles. The highest BCUT2D eigenvalue weighted by atomic mass is 32.2. The minimum absolute atomic E-state index is 0.0165. The SMILES string of the molecule is CCOc1ccc(NC(=S)N2C(=O)CSc3ccccc32)cc1. The third-order valence-electron chi connectivity index (χ3n) is 3.33. The summed E-state index contributed by atoms with van der Waals surface area (Å²) in [4.78, 5) is 14.9. The number of amides is 1. The fourth-order valence-electron chi connectivity index (χ4n) is 2.31. The molecule has 2 aromatic carbocycles. The van der Waals surface area contributed by atoms with Crippen molar-refractivity contribution < 1.29 is 9.53 Å². The minimum Gasteiger partial charge on any atom is -0.494 e. The fourth-order valence-corrected chi connectivity index (χ4v) is 3.51. The van der Waals surface area contributed by atoms with Crippen LogP contribution in [0.4, 0.5) is 11.4 Å². The molecule has 1 aliphatic rings. The Morgan fingerprint density at radius 3 is 2.74 bits per heavy atom. The second-order valence-electron chi connectivity index (χ2n) is 4.87. The van der Waals surface area contributed by atoms with Gasteiger partial charge in [-0.2, -0.15) is 0 Å². The van der Waals surface area contributed by atoms with Crippen molar-refractivity contribution in [3.8, 4) is 5.75 Å². The first-order valence-corrected chi connectivity index (χ1v) is 8.67. The number of para-hydroxylation sites is 1.